The molecular formula is C22H22F3N5O. The zero-order valence-corrected chi connectivity index (χ0v) is 17.2. The fraction of sp³-hybridized carbons (Fsp3) is 0.318. The van der Waals surface area contributed by atoms with Crippen LogP contribution in [0.2, 0.25) is 0 Å². The maximum atomic E-state index is 12.4. The third-order valence-electron chi connectivity index (χ3n) is 5.11. The molecule has 3 aromatic rings. The van der Waals surface area contributed by atoms with Gasteiger partial charge in [-0.15, -0.1) is 13.2 Å². The molecule has 3 heterocycles. The molecule has 0 radical (unpaired) electrons. The maximum absolute atomic E-state index is 12.4. The monoisotopic (exact) mass is 429 g/mol. The third kappa shape index (κ3) is 5.29. The lowest BCUT2D eigenvalue weighted by Crippen LogP contribution is -2.44. The van der Waals surface area contributed by atoms with E-state index in [-0.39, 0.29) is 5.75 Å². The van der Waals surface area contributed by atoms with Crippen LogP contribution in [-0.2, 0) is 0 Å². The summed E-state index contributed by atoms with van der Waals surface area (Å²) < 4.78 is 41.1. The molecule has 0 bridgehead atoms. The Kier molecular flexibility index (Phi) is 5.77. The highest BCUT2D eigenvalue weighted by molar-refractivity contribution is 5.71. The van der Waals surface area contributed by atoms with E-state index in [1.807, 2.05) is 19.1 Å². The summed E-state index contributed by atoms with van der Waals surface area (Å²) in [4.78, 5) is 18.0. The normalized spacial score (nSPS) is 15.2. The van der Waals surface area contributed by atoms with Crippen LogP contribution in [0.15, 0.2) is 48.8 Å². The average Bonchev–Trinajstić information content (AvgIpc) is 2.73. The van der Waals surface area contributed by atoms with Gasteiger partial charge in [0.1, 0.15) is 17.4 Å². The zero-order valence-electron chi connectivity index (χ0n) is 17.2. The Labute approximate surface area is 178 Å². The minimum Gasteiger partial charge on any atom is -0.406 e. The number of pyridine rings is 1. The highest BCUT2D eigenvalue weighted by Crippen LogP contribution is 2.29. The number of hydrogen-bond acceptors (Lipinski definition) is 6. The number of likely N-dealkylation sites (N-methyl/N-ethyl adjacent to an activating group) is 1. The Bertz CT molecular complexity index is 1050. The minimum atomic E-state index is -4.71. The number of aryl methyl sites for hydroxylation is 1. The predicted molar refractivity (Wildman–Crippen MR) is 112 cm³/mol. The summed E-state index contributed by atoms with van der Waals surface area (Å²) in [7, 11) is 2.10. The van der Waals surface area contributed by atoms with Crippen molar-refractivity contribution in [3.05, 3.63) is 54.6 Å². The molecule has 4 rings (SSSR count). The molecule has 0 amide bonds. The summed E-state index contributed by atoms with van der Waals surface area (Å²) in [5.41, 5.74) is 3.07. The first-order chi connectivity index (χ1) is 14.8. The van der Waals surface area contributed by atoms with E-state index in [1.165, 1.54) is 12.1 Å². The minimum absolute atomic E-state index is 0.261. The molecule has 1 aliphatic heterocycles. The zero-order chi connectivity index (χ0) is 22.0. The SMILES string of the molecule is Cc1nc(-c2cncc(-c3ccc(OC(F)(F)F)cc3)c2)cc(N2CCN(C)CC2)n1. The van der Waals surface area contributed by atoms with E-state index in [0.717, 1.165) is 54.4 Å². The smallest absolute Gasteiger partial charge is 0.406 e. The van der Waals surface area contributed by atoms with Crippen molar-refractivity contribution >= 4 is 5.82 Å². The van der Waals surface area contributed by atoms with Crippen LogP contribution in [-0.4, -0.2) is 59.4 Å². The molecule has 0 atom stereocenters. The van der Waals surface area contributed by atoms with Crippen molar-refractivity contribution in [1.29, 1.82) is 0 Å². The van der Waals surface area contributed by atoms with E-state index >= 15 is 0 Å². The summed E-state index contributed by atoms with van der Waals surface area (Å²) >= 11 is 0. The van der Waals surface area contributed by atoms with Gasteiger partial charge in [-0.2, -0.15) is 0 Å². The first kappa shape index (κ1) is 21.0. The molecule has 31 heavy (non-hydrogen) atoms. The molecule has 1 aromatic carbocycles. The van der Waals surface area contributed by atoms with Crippen molar-refractivity contribution in [2.24, 2.45) is 0 Å². The quantitative estimate of drug-likeness (QED) is 0.621. The topological polar surface area (TPSA) is 54.4 Å². The second-order valence-corrected chi connectivity index (χ2v) is 7.48. The van der Waals surface area contributed by atoms with Crippen LogP contribution in [0.4, 0.5) is 19.0 Å². The number of piperazine rings is 1. The molecule has 1 fully saturated rings. The van der Waals surface area contributed by atoms with E-state index in [9.17, 15) is 13.2 Å². The second kappa shape index (κ2) is 8.50. The Balaban J connectivity index is 1.60. The number of halogens is 3. The summed E-state index contributed by atoms with van der Waals surface area (Å²) in [5.74, 6) is 1.30. The highest BCUT2D eigenvalue weighted by Gasteiger charge is 2.31. The summed E-state index contributed by atoms with van der Waals surface area (Å²) in [6, 6.07) is 9.60. The van der Waals surface area contributed by atoms with Gasteiger partial charge in [-0.25, -0.2) is 9.97 Å². The first-order valence-corrected chi connectivity index (χ1v) is 9.88. The van der Waals surface area contributed by atoms with E-state index in [1.54, 1.807) is 24.5 Å². The van der Waals surface area contributed by atoms with Crippen molar-refractivity contribution in [3.63, 3.8) is 0 Å². The van der Waals surface area contributed by atoms with E-state index in [0.29, 0.717) is 5.82 Å². The van der Waals surface area contributed by atoms with Gasteiger partial charge in [0.05, 0.1) is 5.69 Å². The van der Waals surface area contributed by atoms with E-state index < -0.39 is 6.36 Å². The van der Waals surface area contributed by atoms with Gasteiger partial charge in [0.15, 0.2) is 0 Å². The second-order valence-electron chi connectivity index (χ2n) is 7.48. The fourth-order valence-electron chi connectivity index (χ4n) is 3.48. The number of alkyl halides is 3. The van der Waals surface area contributed by atoms with Crippen molar-refractivity contribution in [1.82, 2.24) is 19.9 Å². The fourth-order valence-corrected chi connectivity index (χ4v) is 3.48. The van der Waals surface area contributed by atoms with Crippen molar-refractivity contribution in [3.8, 4) is 28.1 Å². The van der Waals surface area contributed by atoms with Gasteiger partial charge in [0.2, 0.25) is 0 Å². The van der Waals surface area contributed by atoms with Gasteiger partial charge in [-0.1, -0.05) is 12.1 Å². The molecule has 1 aliphatic rings. The molecule has 162 valence electrons. The van der Waals surface area contributed by atoms with Gasteiger partial charge in [0.25, 0.3) is 0 Å². The van der Waals surface area contributed by atoms with Crippen LogP contribution < -0.4 is 9.64 Å². The number of anilines is 1. The molecule has 1 saturated heterocycles. The van der Waals surface area contributed by atoms with Crippen LogP contribution in [0.25, 0.3) is 22.4 Å². The number of aromatic nitrogens is 3. The van der Waals surface area contributed by atoms with Crippen LogP contribution in [0, 0.1) is 6.92 Å². The highest BCUT2D eigenvalue weighted by atomic mass is 19.4. The van der Waals surface area contributed by atoms with Crippen molar-refractivity contribution < 1.29 is 17.9 Å². The van der Waals surface area contributed by atoms with Crippen molar-refractivity contribution in [2.45, 2.75) is 13.3 Å². The number of rotatable bonds is 4. The van der Waals surface area contributed by atoms with E-state index in [4.69, 9.17) is 0 Å². The van der Waals surface area contributed by atoms with Gasteiger partial charge >= 0.3 is 6.36 Å². The largest absolute Gasteiger partial charge is 0.573 e. The van der Waals surface area contributed by atoms with Crippen LogP contribution in [0.1, 0.15) is 5.82 Å². The molecule has 0 unspecified atom stereocenters. The van der Waals surface area contributed by atoms with Gasteiger partial charge in [-0.05, 0) is 37.7 Å². The standard InChI is InChI=1S/C22H22F3N5O/c1-15-27-20(12-21(28-15)30-9-7-29(2)8-10-30)18-11-17(13-26-14-18)16-3-5-19(6-4-16)31-22(23,24)25/h3-6,11-14H,7-10H2,1-2H3. The summed E-state index contributed by atoms with van der Waals surface area (Å²) in [6.45, 7) is 5.61. The Hall–Kier alpha value is -3.20. The van der Waals surface area contributed by atoms with Crippen LogP contribution in [0.5, 0.6) is 5.75 Å². The average molecular weight is 429 g/mol. The van der Waals surface area contributed by atoms with Gasteiger partial charge in [0, 0.05) is 55.8 Å². The maximum Gasteiger partial charge on any atom is 0.573 e. The number of benzene rings is 1. The van der Waals surface area contributed by atoms with Crippen molar-refractivity contribution in [2.75, 3.05) is 38.1 Å². The number of nitrogens with zero attached hydrogens (tertiary/aromatic N) is 5. The summed E-state index contributed by atoms with van der Waals surface area (Å²) in [6.07, 6.45) is -1.33. The lowest BCUT2D eigenvalue weighted by molar-refractivity contribution is -0.274. The lowest BCUT2D eigenvalue weighted by atomic mass is 10.0. The Morgan fingerprint density at radius 2 is 1.55 bits per heavy atom. The molecule has 6 nitrogen and oxygen atoms in total. The summed E-state index contributed by atoms with van der Waals surface area (Å²) in [5, 5.41) is 0. The molecular weight excluding hydrogens is 407 g/mol. The first-order valence-electron chi connectivity index (χ1n) is 9.88. The van der Waals surface area contributed by atoms with Crippen LogP contribution >= 0.6 is 0 Å². The Morgan fingerprint density at radius 1 is 0.871 bits per heavy atom. The lowest BCUT2D eigenvalue weighted by Gasteiger charge is -2.33. The number of ether oxygens (including phenoxy) is 1. The molecule has 0 N–H and O–H groups in total. The molecule has 0 saturated carbocycles. The van der Waals surface area contributed by atoms with Crippen LogP contribution in [0.3, 0.4) is 0 Å². The third-order valence-corrected chi connectivity index (χ3v) is 5.11. The molecule has 0 aliphatic carbocycles. The number of hydrogen-bond donors (Lipinski definition) is 0. The molecule has 2 aromatic heterocycles. The van der Waals surface area contributed by atoms with Gasteiger partial charge in [-0.3, -0.25) is 4.98 Å². The predicted octanol–water partition coefficient (Wildman–Crippen LogP) is 4.16. The Morgan fingerprint density at radius 3 is 2.23 bits per heavy atom. The molecule has 0 spiro atoms. The van der Waals surface area contributed by atoms with Gasteiger partial charge < -0.3 is 14.5 Å². The molecule has 9 heteroatoms. The van der Waals surface area contributed by atoms with E-state index in [2.05, 4.69) is 36.5 Å².